The Hall–Kier alpha value is -2.93. The average molecular weight is 340 g/mol. The minimum absolute atomic E-state index is 0.159. The van der Waals surface area contributed by atoms with Crippen LogP contribution in [0.15, 0.2) is 34.6 Å². The van der Waals surface area contributed by atoms with Crippen LogP contribution in [-0.4, -0.2) is 19.9 Å². The zero-order chi connectivity index (χ0) is 17.3. The van der Waals surface area contributed by atoms with Crippen LogP contribution in [0.2, 0.25) is 0 Å². The third-order valence-corrected chi connectivity index (χ3v) is 4.34. The summed E-state index contributed by atoms with van der Waals surface area (Å²) in [4.78, 5) is 38.9. The molecule has 0 bridgehead atoms. The summed E-state index contributed by atoms with van der Waals surface area (Å²) in [5.74, 6) is 0. The van der Waals surface area contributed by atoms with E-state index >= 15 is 0 Å². The molecule has 3 rings (SSSR count). The molecule has 3 aromatic heterocycles. The Labute approximate surface area is 140 Å². The average Bonchev–Trinajstić information content (AvgIpc) is 3.13. The minimum atomic E-state index is -0.378. The Morgan fingerprint density at radius 2 is 1.83 bits per heavy atom. The molecule has 0 aliphatic rings. The van der Waals surface area contributed by atoms with Crippen LogP contribution in [0, 0.1) is 6.92 Å². The smallest absolute Gasteiger partial charge is 0.272 e. The Bertz CT molecular complexity index is 1140. The van der Waals surface area contributed by atoms with Gasteiger partial charge in [-0.1, -0.05) is 6.58 Å². The molecule has 0 radical (unpaired) electrons. The number of hydrogen-bond donors (Lipinski definition) is 3. The number of imidazole rings is 1. The van der Waals surface area contributed by atoms with Crippen molar-refractivity contribution < 1.29 is 0 Å². The molecule has 0 saturated heterocycles. The molecular formula is C17H16N4O2S. The van der Waals surface area contributed by atoms with Crippen LogP contribution >= 0.6 is 11.3 Å². The lowest BCUT2D eigenvalue weighted by Gasteiger charge is -1.95. The van der Waals surface area contributed by atoms with E-state index in [4.69, 9.17) is 0 Å². The summed E-state index contributed by atoms with van der Waals surface area (Å²) in [5.41, 5.74) is 1.30. The van der Waals surface area contributed by atoms with E-state index in [1.54, 1.807) is 23.5 Å². The molecule has 3 heterocycles. The van der Waals surface area contributed by atoms with Gasteiger partial charge in [0.25, 0.3) is 11.1 Å². The molecule has 7 heteroatoms. The maximum absolute atomic E-state index is 12.3. The Balaban J connectivity index is 2.15. The lowest BCUT2D eigenvalue weighted by atomic mass is 10.2. The summed E-state index contributed by atoms with van der Waals surface area (Å²) in [5, 5.41) is 0.384. The van der Waals surface area contributed by atoms with Crippen LogP contribution in [0.5, 0.6) is 0 Å². The Morgan fingerprint density at radius 3 is 2.42 bits per heavy atom. The van der Waals surface area contributed by atoms with Crippen LogP contribution < -0.4 is 21.8 Å². The highest BCUT2D eigenvalue weighted by Gasteiger charge is 2.04. The van der Waals surface area contributed by atoms with E-state index in [9.17, 15) is 9.59 Å². The number of aromatic amines is 3. The van der Waals surface area contributed by atoms with Gasteiger partial charge in [-0.05, 0) is 43.7 Å². The standard InChI is InChI=1S/C17H16N4O2S/c1-9(2)15-12(18-8-19-15)7-14-17(23)20-13(16(22)21-14)6-11-5-4-10(3)24-11/h4-8H,1H2,2-3H3,(H,18,19)(H,20,23)(H,21,22)/b13-6-,14-7-. The summed E-state index contributed by atoms with van der Waals surface area (Å²) < 4.78 is 0. The number of thiophene rings is 1. The molecule has 0 unspecified atom stereocenters. The van der Waals surface area contributed by atoms with Gasteiger partial charge in [0.2, 0.25) is 0 Å². The second kappa shape index (κ2) is 6.29. The molecule has 0 atom stereocenters. The normalized spacial score (nSPS) is 12.8. The van der Waals surface area contributed by atoms with Crippen LogP contribution in [0.4, 0.5) is 0 Å². The monoisotopic (exact) mass is 340 g/mol. The molecule has 6 nitrogen and oxygen atoms in total. The van der Waals surface area contributed by atoms with Crippen molar-refractivity contribution in [1.82, 2.24) is 19.9 Å². The van der Waals surface area contributed by atoms with Gasteiger partial charge < -0.3 is 15.0 Å². The van der Waals surface area contributed by atoms with E-state index in [0.29, 0.717) is 11.4 Å². The number of rotatable bonds is 3. The maximum atomic E-state index is 12.3. The first-order valence-electron chi connectivity index (χ1n) is 7.26. The quantitative estimate of drug-likeness (QED) is 0.660. The highest BCUT2D eigenvalue weighted by molar-refractivity contribution is 7.12. The van der Waals surface area contributed by atoms with Crippen LogP contribution in [0.25, 0.3) is 17.7 Å². The number of aryl methyl sites for hydroxylation is 1. The lowest BCUT2D eigenvalue weighted by Crippen LogP contribution is -2.46. The fraction of sp³-hybridized carbons (Fsp3) is 0.118. The largest absolute Gasteiger partial charge is 0.345 e. The van der Waals surface area contributed by atoms with Crippen molar-refractivity contribution in [2.75, 3.05) is 0 Å². The summed E-state index contributed by atoms with van der Waals surface area (Å²) in [6.45, 7) is 7.64. The highest BCUT2D eigenvalue weighted by atomic mass is 32.1. The maximum Gasteiger partial charge on any atom is 0.272 e. The number of hydrogen-bond acceptors (Lipinski definition) is 4. The van der Waals surface area contributed by atoms with E-state index < -0.39 is 0 Å². The molecule has 24 heavy (non-hydrogen) atoms. The zero-order valence-electron chi connectivity index (χ0n) is 13.3. The first-order valence-corrected chi connectivity index (χ1v) is 8.07. The number of aromatic nitrogens is 4. The summed E-state index contributed by atoms with van der Waals surface area (Å²) in [7, 11) is 0. The minimum Gasteiger partial charge on any atom is -0.345 e. The molecular weight excluding hydrogens is 324 g/mol. The van der Waals surface area contributed by atoms with Gasteiger partial charge >= 0.3 is 0 Å². The summed E-state index contributed by atoms with van der Waals surface area (Å²) >= 11 is 1.55. The fourth-order valence-corrected chi connectivity index (χ4v) is 3.09. The van der Waals surface area contributed by atoms with Crippen LogP contribution in [0.3, 0.4) is 0 Å². The van der Waals surface area contributed by atoms with Crippen molar-refractivity contribution in [1.29, 1.82) is 0 Å². The van der Waals surface area contributed by atoms with Crippen LogP contribution in [-0.2, 0) is 0 Å². The molecule has 0 aliphatic carbocycles. The third kappa shape index (κ3) is 3.21. The van der Waals surface area contributed by atoms with Gasteiger partial charge in [0.15, 0.2) is 0 Å². The van der Waals surface area contributed by atoms with Gasteiger partial charge in [-0.15, -0.1) is 11.3 Å². The first-order chi connectivity index (χ1) is 11.4. The zero-order valence-corrected chi connectivity index (χ0v) is 14.1. The fourth-order valence-electron chi connectivity index (χ4n) is 2.27. The predicted molar refractivity (Wildman–Crippen MR) is 96.4 cm³/mol. The molecule has 122 valence electrons. The first kappa shape index (κ1) is 15.9. The lowest BCUT2D eigenvalue weighted by molar-refractivity contribution is 1.00. The topological polar surface area (TPSA) is 94.4 Å². The number of H-pyrrole nitrogens is 3. The molecule has 0 aromatic carbocycles. The second-order valence-corrected chi connectivity index (χ2v) is 6.74. The molecule has 3 aromatic rings. The number of nitrogens with zero attached hydrogens (tertiary/aromatic N) is 1. The van der Waals surface area contributed by atoms with Crippen molar-refractivity contribution in [2.45, 2.75) is 13.8 Å². The van der Waals surface area contributed by atoms with E-state index in [2.05, 4.69) is 26.5 Å². The Morgan fingerprint density at radius 1 is 1.17 bits per heavy atom. The van der Waals surface area contributed by atoms with Crippen LogP contribution in [0.1, 0.15) is 28.1 Å². The SMILES string of the molecule is C=C(C)c1nc[nH]c1/C=c1\[nH]c(=O)/c(=C/c2ccc(C)s2)[nH]c1=O. The van der Waals surface area contributed by atoms with Gasteiger partial charge in [0.1, 0.15) is 10.7 Å². The van der Waals surface area contributed by atoms with Gasteiger partial charge in [-0.3, -0.25) is 9.59 Å². The van der Waals surface area contributed by atoms with Crippen molar-refractivity contribution in [2.24, 2.45) is 0 Å². The van der Waals surface area contributed by atoms with Gasteiger partial charge in [0, 0.05) is 9.75 Å². The van der Waals surface area contributed by atoms with Crippen molar-refractivity contribution in [3.05, 3.63) is 77.6 Å². The molecule has 0 aliphatic heterocycles. The number of allylic oxidation sites excluding steroid dienone is 1. The van der Waals surface area contributed by atoms with Gasteiger partial charge in [-0.25, -0.2) is 4.98 Å². The second-order valence-electron chi connectivity index (χ2n) is 5.42. The van der Waals surface area contributed by atoms with E-state index in [1.807, 2.05) is 26.0 Å². The summed E-state index contributed by atoms with van der Waals surface area (Å²) in [6, 6.07) is 3.86. The predicted octanol–water partition coefficient (Wildman–Crippen LogP) is 0.847. The van der Waals surface area contributed by atoms with E-state index in [-0.39, 0.29) is 21.8 Å². The Kier molecular flexibility index (Phi) is 4.18. The van der Waals surface area contributed by atoms with Crippen molar-refractivity contribution in [3.8, 4) is 0 Å². The number of nitrogens with one attached hydrogen (secondary N) is 3. The molecule has 0 spiro atoms. The summed E-state index contributed by atoms with van der Waals surface area (Å²) in [6.07, 6.45) is 4.73. The van der Waals surface area contributed by atoms with E-state index in [0.717, 1.165) is 15.3 Å². The van der Waals surface area contributed by atoms with Gasteiger partial charge in [-0.2, -0.15) is 0 Å². The van der Waals surface area contributed by atoms with Crippen molar-refractivity contribution >= 4 is 29.1 Å². The van der Waals surface area contributed by atoms with E-state index in [1.165, 1.54) is 6.33 Å². The van der Waals surface area contributed by atoms with Gasteiger partial charge in [0.05, 0.1) is 17.7 Å². The molecule has 0 saturated carbocycles. The molecule has 3 N–H and O–H groups in total. The third-order valence-electron chi connectivity index (χ3n) is 3.40. The van der Waals surface area contributed by atoms with Crippen molar-refractivity contribution in [3.63, 3.8) is 0 Å². The highest BCUT2D eigenvalue weighted by Crippen LogP contribution is 2.14. The molecule has 0 fully saturated rings. The molecule has 0 amide bonds.